The molecule has 0 unspecified atom stereocenters. The Morgan fingerprint density at radius 2 is 1.33 bits per heavy atom. The van der Waals surface area contributed by atoms with Gasteiger partial charge >= 0.3 is 0 Å². The van der Waals surface area contributed by atoms with E-state index >= 15 is 0 Å². The molecule has 0 aromatic carbocycles. The first-order chi connectivity index (χ1) is 13.0. The number of primary amides is 1. The molecule has 3 N–H and O–H groups in total. The Kier molecular flexibility index (Phi) is 15.6. The third-order valence-corrected chi connectivity index (χ3v) is 4.90. The highest BCUT2D eigenvalue weighted by Crippen LogP contribution is 2.11. The van der Waals surface area contributed by atoms with Crippen LogP contribution in [-0.4, -0.2) is 41.8 Å². The van der Waals surface area contributed by atoms with E-state index in [1.807, 2.05) is 13.8 Å². The highest BCUT2D eigenvalue weighted by atomic mass is 16.2. The molecule has 0 aromatic rings. The number of nitrogens with two attached hydrogens (primary N) is 1. The first-order valence-electron chi connectivity index (χ1n) is 10.8. The predicted octanol–water partition coefficient (Wildman–Crippen LogP) is 3.53. The predicted molar refractivity (Wildman–Crippen MR) is 110 cm³/mol. The molecule has 6 nitrogen and oxygen atoms in total. The highest BCUT2D eigenvalue weighted by Gasteiger charge is 2.24. The van der Waals surface area contributed by atoms with Gasteiger partial charge in [0.15, 0.2) is 0 Å². The minimum atomic E-state index is -0.663. The van der Waals surface area contributed by atoms with Crippen LogP contribution in [0.4, 0.5) is 0 Å². The van der Waals surface area contributed by atoms with Crippen molar-refractivity contribution in [2.45, 2.75) is 104 Å². The fourth-order valence-corrected chi connectivity index (χ4v) is 3.16. The van der Waals surface area contributed by atoms with Crippen LogP contribution < -0.4 is 11.1 Å². The third-order valence-electron chi connectivity index (χ3n) is 4.90. The van der Waals surface area contributed by atoms with E-state index in [0.717, 1.165) is 19.3 Å². The minimum absolute atomic E-state index is 0.0932. The summed E-state index contributed by atoms with van der Waals surface area (Å²) >= 11 is 0. The monoisotopic (exact) mass is 383 g/mol. The number of amides is 3. The van der Waals surface area contributed by atoms with Crippen molar-refractivity contribution in [1.29, 1.82) is 0 Å². The molecule has 27 heavy (non-hydrogen) atoms. The second-order valence-electron chi connectivity index (χ2n) is 7.21. The molecule has 0 aliphatic carbocycles. The van der Waals surface area contributed by atoms with Gasteiger partial charge in [0.1, 0.15) is 6.04 Å². The average molecular weight is 384 g/mol. The number of nitrogens with zero attached hydrogens (tertiary/aromatic N) is 1. The van der Waals surface area contributed by atoms with Crippen molar-refractivity contribution in [3.05, 3.63) is 0 Å². The number of hydrogen-bond acceptors (Lipinski definition) is 3. The zero-order valence-electron chi connectivity index (χ0n) is 17.7. The largest absolute Gasteiger partial charge is 0.370 e. The molecule has 0 radical (unpaired) electrons. The summed E-state index contributed by atoms with van der Waals surface area (Å²) < 4.78 is 0. The molecule has 6 heteroatoms. The van der Waals surface area contributed by atoms with E-state index in [1.165, 1.54) is 38.5 Å². The van der Waals surface area contributed by atoms with Crippen molar-refractivity contribution in [2.75, 3.05) is 13.1 Å². The number of hydrogen-bond donors (Lipinski definition) is 2. The van der Waals surface area contributed by atoms with Gasteiger partial charge in [0.25, 0.3) is 0 Å². The van der Waals surface area contributed by atoms with E-state index in [4.69, 9.17) is 5.73 Å². The van der Waals surface area contributed by atoms with Crippen LogP contribution in [0.15, 0.2) is 0 Å². The van der Waals surface area contributed by atoms with Crippen LogP contribution in [0.25, 0.3) is 0 Å². The Labute approximate surface area is 165 Å². The van der Waals surface area contributed by atoms with Crippen molar-refractivity contribution in [1.82, 2.24) is 10.2 Å². The lowest BCUT2D eigenvalue weighted by molar-refractivity contribution is -0.136. The Morgan fingerprint density at radius 1 is 0.815 bits per heavy atom. The maximum Gasteiger partial charge on any atom is 0.245 e. The standard InChI is InChI=1S/C21H41N3O3/c1-4-7-8-9-10-11-12-13-14-15-20(26)23-18(16-17-19(22)25)21(27)24(5-2)6-3/h18H,4-17H2,1-3H3,(H2,22,25)(H,23,26)/t18-/m0/s1. The van der Waals surface area contributed by atoms with Crippen LogP contribution in [-0.2, 0) is 14.4 Å². The molecule has 0 aromatic heterocycles. The second kappa shape index (κ2) is 16.6. The summed E-state index contributed by atoms with van der Waals surface area (Å²) in [4.78, 5) is 37.5. The smallest absolute Gasteiger partial charge is 0.245 e. The molecule has 0 fully saturated rings. The zero-order chi connectivity index (χ0) is 20.5. The van der Waals surface area contributed by atoms with Crippen molar-refractivity contribution in [3.8, 4) is 0 Å². The lowest BCUT2D eigenvalue weighted by Crippen LogP contribution is -2.48. The Bertz CT molecular complexity index is 423. The number of carbonyl (C=O) groups is 3. The summed E-state index contributed by atoms with van der Waals surface area (Å²) in [5.74, 6) is -0.713. The fraction of sp³-hybridized carbons (Fsp3) is 0.857. The maximum atomic E-state index is 12.5. The van der Waals surface area contributed by atoms with Gasteiger partial charge in [0.05, 0.1) is 0 Å². The summed E-state index contributed by atoms with van der Waals surface area (Å²) in [6.45, 7) is 7.18. The van der Waals surface area contributed by atoms with Crippen molar-refractivity contribution >= 4 is 17.7 Å². The molecule has 3 amide bonds. The van der Waals surface area contributed by atoms with Gasteiger partial charge in [-0.3, -0.25) is 14.4 Å². The molecule has 0 aliphatic heterocycles. The van der Waals surface area contributed by atoms with Crippen LogP contribution >= 0.6 is 0 Å². The van der Waals surface area contributed by atoms with E-state index in [0.29, 0.717) is 19.5 Å². The lowest BCUT2D eigenvalue weighted by Gasteiger charge is -2.25. The van der Waals surface area contributed by atoms with Gasteiger partial charge in [-0.1, -0.05) is 58.3 Å². The van der Waals surface area contributed by atoms with E-state index in [2.05, 4.69) is 12.2 Å². The van der Waals surface area contributed by atoms with E-state index in [1.54, 1.807) is 4.90 Å². The molecular weight excluding hydrogens is 342 g/mol. The van der Waals surface area contributed by atoms with Crippen LogP contribution in [0.2, 0.25) is 0 Å². The summed E-state index contributed by atoms with van der Waals surface area (Å²) in [5, 5.41) is 2.81. The summed E-state index contributed by atoms with van der Waals surface area (Å²) in [6.07, 6.45) is 11.5. The van der Waals surface area contributed by atoms with Crippen molar-refractivity contribution < 1.29 is 14.4 Å². The van der Waals surface area contributed by atoms with Crippen molar-refractivity contribution in [2.24, 2.45) is 5.73 Å². The van der Waals surface area contributed by atoms with E-state index in [-0.39, 0.29) is 24.7 Å². The normalized spacial score (nSPS) is 11.8. The molecule has 0 saturated carbocycles. The second-order valence-corrected chi connectivity index (χ2v) is 7.21. The number of likely N-dealkylation sites (N-methyl/N-ethyl adjacent to an activating group) is 1. The minimum Gasteiger partial charge on any atom is -0.370 e. The van der Waals surface area contributed by atoms with Gasteiger partial charge in [-0.05, 0) is 26.7 Å². The number of unbranched alkanes of at least 4 members (excludes halogenated alkanes) is 8. The Balaban J connectivity index is 4.16. The van der Waals surface area contributed by atoms with Crippen LogP contribution in [0.1, 0.15) is 97.8 Å². The number of carbonyl (C=O) groups excluding carboxylic acids is 3. The van der Waals surface area contributed by atoms with Crippen LogP contribution in [0.3, 0.4) is 0 Å². The molecule has 0 heterocycles. The average Bonchev–Trinajstić information content (AvgIpc) is 2.64. The first kappa shape index (κ1) is 25.4. The summed E-state index contributed by atoms with van der Waals surface area (Å²) in [7, 11) is 0. The Morgan fingerprint density at radius 3 is 1.81 bits per heavy atom. The highest BCUT2D eigenvalue weighted by molar-refractivity contribution is 5.88. The lowest BCUT2D eigenvalue weighted by atomic mass is 10.1. The van der Waals surface area contributed by atoms with E-state index < -0.39 is 11.9 Å². The topological polar surface area (TPSA) is 92.5 Å². The molecule has 0 aliphatic rings. The van der Waals surface area contributed by atoms with Crippen LogP contribution in [0, 0.1) is 0 Å². The molecule has 0 rings (SSSR count). The van der Waals surface area contributed by atoms with Crippen LogP contribution in [0.5, 0.6) is 0 Å². The maximum absolute atomic E-state index is 12.5. The first-order valence-corrected chi connectivity index (χ1v) is 10.8. The quantitative estimate of drug-likeness (QED) is 0.376. The molecule has 0 bridgehead atoms. The molecule has 0 saturated heterocycles. The Hall–Kier alpha value is -1.59. The van der Waals surface area contributed by atoms with E-state index in [9.17, 15) is 14.4 Å². The third kappa shape index (κ3) is 13.3. The number of rotatable bonds is 17. The molecule has 158 valence electrons. The van der Waals surface area contributed by atoms with Gasteiger partial charge in [-0.25, -0.2) is 0 Å². The van der Waals surface area contributed by atoms with Crippen molar-refractivity contribution in [3.63, 3.8) is 0 Å². The fourth-order valence-electron chi connectivity index (χ4n) is 3.16. The zero-order valence-corrected chi connectivity index (χ0v) is 17.7. The summed E-state index contributed by atoms with van der Waals surface area (Å²) in [5.41, 5.74) is 5.20. The summed E-state index contributed by atoms with van der Waals surface area (Å²) in [6, 6.07) is -0.663. The SMILES string of the molecule is CCCCCCCCCCCC(=O)N[C@@H](CCC(N)=O)C(=O)N(CC)CC. The van der Waals surface area contributed by atoms with Gasteiger partial charge < -0.3 is 16.0 Å². The van der Waals surface area contributed by atoms with Gasteiger partial charge in [0.2, 0.25) is 17.7 Å². The molecular formula is C21H41N3O3. The van der Waals surface area contributed by atoms with Gasteiger partial charge in [-0.2, -0.15) is 0 Å². The number of nitrogens with one attached hydrogen (secondary N) is 1. The van der Waals surface area contributed by atoms with Gasteiger partial charge in [-0.15, -0.1) is 0 Å². The van der Waals surface area contributed by atoms with Gasteiger partial charge in [0, 0.05) is 25.9 Å². The molecule has 1 atom stereocenters. The molecule has 0 spiro atoms.